The van der Waals surface area contributed by atoms with Crippen molar-refractivity contribution in [2.24, 2.45) is 11.8 Å². The maximum absolute atomic E-state index is 10.8. The molecule has 0 aliphatic heterocycles. The van der Waals surface area contributed by atoms with Gasteiger partial charge in [0.15, 0.2) is 0 Å². The quantitative estimate of drug-likeness (QED) is 0.598. The van der Waals surface area contributed by atoms with E-state index < -0.39 is 0 Å². The van der Waals surface area contributed by atoms with Gasteiger partial charge in [-0.1, -0.05) is 33.6 Å². The zero-order valence-corrected chi connectivity index (χ0v) is 8.18. The van der Waals surface area contributed by atoms with Crippen LogP contribution in [-0.4, -0.2) is 5.78 Å². The Morgan fingerprint density at radius 1 is 1.27 bits per heavy atom. The molecule has 1 heteroatoms. The Balaban J connectivity index is 3.78. The summed E-state index contributed by atoms with van der Waals surface area (Å²) < 4.78 is 0. The normalized spacial score (nSPS) is 13.5. The van der Waals surface area contributed by atoms with Crippen molar-refractivity contribution in [3.63, 3.8) is 0 Å². The standard InChI is InChI=1S/C10H20O/c1-5-10(6-2)8(3)7-9(4)11/h8,10H,5-7H2,1-4H3. The lowest BCUT2D eigenvalue weighted by molar-refractivity contribution is -0.118. The summed E-state index contributed by atoms with van der Waals surface area (Å²) in [4.78, 5) is 10.8. The van der Waals surface area contributed by atoms with Crippen LogP contribution in [0.3, 0.4) is 0 Å². The van der Waals surface area contributed by atoms with Crippen molar-refractivity contribution in [2.45, 2.75) is 47.0 Å². The van der Waals surface area contributed by atoms with Crippen molar-refractivity contribution in [1.29, 1.82) is 0 Å². The molecule has 0 aromatic carbocycles. The van der Waals surface area contributed by atoms with Crippen LogP contribution in [0.4, 0.5) is 0 Å². The third kappa shape index (κ3) is 4.18. The molecule has 0 saturated carbocycles. The zero-order chi connectivity index (χ0) is 8.85. The van der Waals surface area contributed by atoms with E-state index in [-0.39, 0.29) is 0 Å². The van der Waals surface area contributed by atoms with Gasteiger partial charge in [-0.05, 0) is 18.8 Å². The third-order valence-corrected chi connectivity index (χ3v) is 2.46. The van der Waals surface area contributed by atoms with Crippen LogP contribution in [0, 0.1) is 11.8 Å². The monoisotopic (exact) mass is 156 g/mol. The minimum atomic E-state index is 0.324. The van der Waals surface area contributed by atoms with Gasteiger partial charge in [-0.15, -0.1) is 0 Å². The Labute approximate surface area is 70.2 Å². The Hall–Kier alpha value is -0.330. The molecule has 0 aliphatic carbocycles. The van der Waals surface area contributed by atoms with Crippen molar-refractivity contribution < 1.29 is 4.79 Å². The van der Waals surface area contributed by atoms with Crippen LogP contribution in [0.5, 0.6) is 0 Å². The molecule has 1 nitrogen and oxygen atoms in total. The molecule has 0 radical (unpaired) electrons. The number of ketones is 1. The number of rotatable bonds is 5. The summed E-state index contributed by atoms with van der Waals surface area (Å²) in [5, 5.41) is 0. The smallest absolute Gasteiger partial charge is 0.130 e. The second kappa shape index (κ2) is 5.34. The number of carbonyl (C=O) groups excluding carboxylic acids is 1. The third-order valence-electron chi connectivity index (χ3n) is 2.46. The lowest BCUT2D eigenvalue weighted by atomic mass is 9.86. The molecular formula is C10H20O. The highest BCUT2D eigenvalue weighted by molar-refractivity contribution is 5.75. The van der Waals surface area contributed by atoms with Crippen molar-refractivity contribution in [2.75, 3.05) is 0 Å². The average Bonchev–Trinajstić information content (AvgIpc) is 1.88. The fourth-order valence-corrected chi connectivity index (χ4v) is 1.71. The van der Waals surface area contributed by atoms with Gasteiger partial charge >= 0.3 is 0 Å². The number of hydrogen-bond donors (Lipinski definition) is 0. The molecule has 0 N–H and O–H groups in total. The van der Waals surface area contributed by atoms with Gasteiger partial charge in [0.2, 0.25) is 0 Å². The van der Waals surface area contributed by atoms with Crippen LogP contribution in [0.2, 0.25) is 0 Å². The molecule has 11 heavy (non-hydrogen) atoms. The summed E-state index contributed by atoms with van der Waals surface area (Å²) in [5.74, 6) is 1.63. The Morgan fingerprint density at radius 2 is 1.73 bits per heavy atom. The number of hydrogen-bond acceptors (Lipinski definition) is 1. The lowest BCUT2D eigenvalue weighted by Crippen LogP contribution is -2.12. The molecule has 0 amide bonds. The minimum Gasteiger partial charge on any atom is -0.300 e. The van der Waals surface area contributed by atoms with E-state index in [4.69, 9.17) is 0 Å². The Bertz CT molecular complexity index is 114. The summed E-state index contributed by atoms with van der Waals surface area (Å²) >= 11 is 0. The molecule has 0 rings (SSSR count). The Kier molecular flexibility index (Phi) is 5.18. The van der Waals surface area contributed by atoms with Crippen LogP contribution in [-0.2, 0) is 4.79 Å². The molecule has 0 aromatic rings. The molecule has 0 fully saturated rings. The van der Waals surface area contributed by atoms with Crippen LogP contribution in [0.25, 0.3) is 0 Å². The fourth-order valence-electron chi connectivity index (χ4n) is 1.71. The molecule has 0 spiro atoms. The molecular weight excluding hydrogens is 136 g/mol. The van der Waals surface area contributed by atoms with Crippen LogP contribution >= 0.6 is 0 Å². The molecule has 0 saturated heterocycles. The highest BCUT2D eigenvalue weighted by Gasteiger charge is 2.14. The summed E-state index contributed by atoms with van der Waals surface area (Å²) in [6.07, 6.45) is 3.16. The van der Waals surface area contributed by atoms with Gasteiger partial charge in [-0.2, -0.15) is 0 Å². The van der Waals surface area contributed by atoms with E-state index >= 15 is 0 Å². The summed E-state index contributed by atoms with van der Waals surface area (Å²) in [7, 11) is 0. The molecule has 66 valence electrons. The van der Waals surface area contributed by atoms with Crippen LogP contribution < -0.4 is 0 Å². The summed E-state index contributed by atoms with van der Waals surface area (Å²) in [5.41, 5.74) is 0. The second-order valence-corrected chi connectivity index (χ2v) is 3.46. The minimum absolute atomic E-state index is 0.324. The van der Waals surface area contributed by atoms with Gasteiger partial charge in [0.05, 0.1) is 0 Å². The van der Waals surface area contributed by atoms with E-state index in [0.29, 0.717) is 11.7 Å². The second-order valence-electron chi connectivity index (χ2n) is 3.46. The van der Waals surface area contributed by atoms with E-state index in [0.717, 1.165) is 12.3 Å². The maximum Gasteiger partial charge on any atom is 0.130 e. The summed E-state index contributed by atoms with van der Waals surface area (Å²) in [6.45, 7) is 8.26. The largest absolute Gasteiger partial charge is 0.300 e. The van der Waals surface area contributed by atoms with Crippen molar-refractivity contribution in [1.82, 2.24) is 0 Å². The topological polar surface area (TPSA) is 17.1 Å². The van der Waals surface area contributed by atoms with E-state index in [9.17, 15) is 4.79 Å². The van der Waals surface area contributed by atoms with Crippen LogP contribution in [0.1, 0.15) is 47.0 Å². The number of carbonyl (C=O) groups is 1. The molecule has 0 aromatic heterocycles. The van der Waals surface area contributed by atoms with Gasteiger partial charge in [-0.3, -0.25) is 0 Å². The highest BCUT2D eigenvalue weighted by atomic mass is 16.1. The van der Waals surface area contributed by atoms with Gasteiger partial charge in [0, 0.05) is 6.42 Å². The predicted molar refractivity (Wildman–Crippen MR) is 48.5 cm³/mol. The van der Waals surface area contributed by atoms with E-state index in [1.54, 1.807) is 6.92 Å². The molecule has 1 unspecified atom stereocenters. The number of Topliss-reactive ketones (excluding diaryl/α,β-unsaturated/α-hetero) is 1. The molecule has 0 heterocycles. The lowest BCUT2D eigenvalue weighted by Gasteiger charge is -2.19. The van der Waals surface area contributed by atoms with Crippen LogP contribution in [0.15, 0.2) is 0 Å². The first-order chi connectivity index (χ1) is 5.11. The molecule has 0 aliphatic rings. The molecule has 1 atom stereocenters. The van der Waals surface area contributed by atoms with E-state index in [1.807, 2.05) is 0 Å². The summed E-state index contributed by atoms with van der Waals surface area (Å²) in [6, 6.07) is 0. The van der Waals surface area contributed by atoms with Gasteiger partial charge in [-0.25, -0.2) is 0 Å². The first kappa shape index (κ1) is 10.7. The first-order valence-corrected chi connectivity index (χ1v) is 4.61. The maximum atomic E-state index is 10.8. The van der Waals surface area contributed by atoms with Crippen molar-refractivity contribution >= 4 is 5.78 Å². The van der Waals surface area contributed by atoms with E-state index in [2.05, 4.69) is 20.8 Å². The Morgan fingerprint density at radius 3 is 2.00 bits per heavy atom. The highest BCUT2D eigenvalue weighted by Crippen LogP contribution is 2.21. The first-order valence-electron chi connectivity index (χ1n) is 4.61. The fraction of sp³-hybridized carbons (Fsp3) is 0.900. The van der Waals surface area contributed by atoms with E-state index in [1.165, 1.54) is 12.8 Å². The van der Waals surface area contributed by atoms with Gasteiger partial charge < -0.3 is 4.79 Å². The average molecular weight is 156 g/mol. The van der Waals surface area contributed by atoms with Gasteiger partial charge in [0.1, 0.15) is 5.78 Å². The van der Waals surface area contributed by atoms with Gasteiger partial charge in [0.25, 0.3) is 0 Å². The predicted octanol–water partition coefficient (Wildman–Crippen LogP) is 3.04. The van der Waals surface area contributed by atoms with Crippen molar-refractivity contribution in [3.8, 4) is 0 Å². The SMILES string of the molecule is CCC(CC)C(C)CC(C)=O. The molecule has 0 bridgehead atoms. The van der Waals surface area contributed by atoms with Crippen molar-refractivity contribution in [3.05, 3.63) is 0 Å². The zero-order valence-electron chi connectivity index (χ0n) is 8.18.